The Morgan fingerprint density at radius 1 is 1.16 bits per heavy atom. The maximum Gasteiger partial charge on any atom is 0.306 e. The Bertz CT molecular complexity index is 818. The molecular weight excluding hydrogens is 338 g/mol. The molecule has 1 fully saturated rings. The lowest BCUT2D eigenvalue weighted by Gasteiger charge is -2.24. The van der Waals surface area contributed by atoms with Gasteiger partial charge in [-0.2, -0.15) is 5.26 Å². The van der Waals surface area contributed by atoms with E-state index >= 15 is 0 Å². The Labute approximate surface area is 149 Å². The predicted molar refractivity (Wildman–Crippen MR) is 94.0 cm³/mol. The number of hydrogen-bond acceptors (Lipinski definition) is 5. The molecule has 1 aliphatic carbocycles. The van der Waals surface area contributed by atoms with Crippen LogP contribution in [-0.2, 0) is 9.59 Å². The number of nitriles is 1. The Balaban J connectivity index is 1.70. The highest BCUT2D eigenvalue weighted by Crippen LogP contribution is 2.33. The number of carboxylic acid groups (broad SMARTS) is 1. The lowest BCUT2D eigenvalue weighted by atomic mass is 9.81. The largest absolute Gasteiger partial charge is 0.481 e. The van der Waals surface area contributed by atoms with E-state index in [1.54, 1.807) is 0 Å². The topological polar surface area (TPSA) is 103 Å². The van der Waals surface area contributed by atoms with E-state index < -0.39 is 5.97 Å². The number of nitrogens with zero attached hydrogens (tertiary/aromatic N) is 2. The number of nitrogens with one attached hydrogen (secondary N) is 1. The minimum absolute atomic E-state index is 0.151. The monoisotopic (exact) mass is 355 g/mol. The summed E-state index contributed by atoms with van der Waals surface area (Å²) in [5.41, 5.74) is 1.40. The van der Waals surface area contributed by atoms with Crippen molar-refractivity contribution in [2.45, 2.75) is 25.7 Å². The first-order valence-electron chi connectivity index (χ1n) is 8.08. The van der Waals surface area contributed by atoms with Gasteiger partial charge in [0.25, 0.3) is 0 Å². The average Bonchev–Trinajstić information content (AvgIpc) is 3.05. The van der Waals surface area contributed by atoms with Crippen LogP contribution < -0.4 is 5.32 Å². The maximum absolute atomic E-state index is 12.4. The van der Waals surface area contributed by atoms with Crippen molar-refractivity contribution >= 4 is 28.3 Å². The number of amides is 1. The van der Waals surface area contributed by atoms with Crippen LogP contribution in [0.25, 0.3) is 11.3 Å². The van der Waals surface area contributed by atoms with Crippen LogP contribution in [0.4, 0.5) is 5.13 Å². The molecule has 3 rings (SSSR count). The number of hydrogen-bond donors (Lipinski definition) is 2. The number of carbonyl (C=O) groups excluding carboxylic acids is 1. The molecule has 1 saturated carbocycles. The average molecular weight is 355 g/mol. The van der Waals surface area contributed by atoms with E-state index in [1.165, 1.54) is 0 Å². The smallest absolute Gasteiger partial charge is 0.306 e. The second kappa shape index (κ2) is 7.45. The normalized spacial score (nSPS) is 19.8. The van der Waals surface area contributed by atoms with Crippen LogP contribution in [-0.4, -0.2) is 22.0 Å². The van der Waals surface area contributed by atoms with Crippen LogP contribution in [0.5, 0.6) is 0 Å². The molecule has 0 aliphatic heterocycles. The van der Waals surface area contributed by atoms with Gasteiger partial charge in [-0.1, -0.05) is 41.7 Å². The van der Waals surface area contributed by atoms with E-state index in [0.29, 0.717) is 41.4 Å². The van der Waals surface area contributed by atoms with Gasteiger partial charge in [-0.15, -0.1) is 0 Å². The van der Waals surface area contributed by atoms with Crippen molar-refractivity contribution in [1.82, 2.24) is 4.98 Å². The van der Waals surface area contributed by atoms with Crippen molar-refractivity contribution in [1.29, 1.82) is 5.26 Å². The van der Waals surface area contributed by atoms with Crippen molar-refractivity contribution in [3.63, 3.8) is 0 Å². The quantitative estimate of drug-likeness (QED) is 0.873. The highest BCUT2D eigenvalue weighted by atomic mass is 32.1. The summed E-state index contributed by atoms with van der Waals surface area (Å²) in [5, 5.41) is 21.5. The lowest BCUT2D eigenvalue weighted by Crippen LogP contribution is -2.29. The van der Waals surface area contributed by atoms with Gasteiger partial charge in [0.1, 0.15) is 16.6 Å². The molecule has 7 heteroatoms. The summed E-state index contributed by atoms with van der Waals surface area (Å²) in [4.78, 5) is 28.3. The van der Waals surface area contributed by atoms with Gasteiger partial charge in [-0.05, 0) is 25.7 Å². The van der Waals surface area contributed by atoms with Crippen molar-refractivity contribution in [3.8, 4) is 17.3 Å². The van der Waals surface area contributed by atoms with Crippen molar-refractivity contribution in [3.05, 3.63) is 35.2 Å². The van der Waals surface area contributed by atoms with Gasteiger partial charge in [-0.25, -0.2) is 4.98 Å². The molecule has 0 unspecified atom stereocenters. The first kappa shape index (κ1) is 17.1. The number of carboxylic acids is 1. The third-order valence-electron chi connectivity index (χ3n) is 4.45. The molecule has 0 radical (unpaired) electrons. The van der Waals surface area contributed by atoms with E-state index in [0.717, 1.165) is 16.9 Å². The van der Waals surface area contributed by atoms with Crippen molar-refractivity contribution in [2.75, 3.05) is 5.32 Å². The summed E-state index contributed by atoms with van der Waals surface area (Å²) in [7, 11) is 0. The molecule has 1 aromatic carbocycles. The molecule has 1 aromatic heterocycles. The zero-order chi connectivity index (χ0) is 17.8. The number of aliphatic carboxylic acids is 1. The van der Waals surface area contributed by atoms with Crippen LogP contribution in [0.3, 0.4) is 0 Å². The van der Waals surface area contributed by atoms with Crippen LogP contribution in [0.1, 0.15) is 30.6 Å². The third-order valence-corrected chi connectivity index (χ3v) is 5.33. The fourth-order valence-corrected chi connectivity index (χ4v) is 3.84. The molecule has 2 N–H and O–H groups in total. The summed E-state index contributed by atoms with van der Waals surface area (Å²) in [6.07, 6.45) is 2.16. The lowest BCUT2D eigenvalue weighted by molar-refractivity contribution is -0.143. The SMILES string of the molecule is N#Cc1sc(NC(=O)[C@H]2CC[C@@H](C(=O)O)CC2)nc1-c1ccccc1. The van der Waals surface area contributed by atoms with Crippen molar-refractivity contribution in [2.24, 2.45) is 11.8 Å². The number of aromatic nitrogens is 1. The minimum Gasteiger partial charge on any atom is -0.481 e. The van der Waals surface area contributed by atoms with Gasteiger partial charge in [0.15, 0.2) is 5.13 Å². The predicted octanol–water partition coefficient (Wildman–Crippen LogP) is 3.51. The van der Waals surface area contributed by atoms with Crippen LogP contribution in [0.2, 0.25) is 0 Å². The second-order valence-electron chi connectivity index (χ2n) is 6.05. The minimum atomic E-state index is -0.787. The fourth-order valence-electron chi connectivity index (χ4n) is 3.05. The van der Waals surface area contributed by atoms with Crippen LogP contribution in [0.15, 0.2) is 30.3 Å². The first-order valence-corrected chi connectivity index (χ1v) is 8.90. The number of rotatable bonds is 4. The molecular formula is C18H17N3O3S. The molecule has 0 saturated heterocycles. The number of carbonyl (C=O) groups is 2. The molecule has 25 heavy (non-hydrogen) atoms. The summed E-state index contributed by atoms with van der Waals surface area (Å²) in [6.45, 7) is 0. The zero-order valence-corrected chi connectivity index (χ0v) is 14.3. The van der Waals surface area contributed by atoms with E-state index in [-0.39, 0.29) is 17.7 Å². The summed E-state index contributed by atoms with van der Waals surface area (Å²) >= 11 is 1.15. The zero-order valence-electron chi connectivity index (χ0n) is 13.4. The molecule has 1 heterocycles. The number of thiazole rings is 1. The Morgan fingerprint density at radius 3 is 2.40 bits per heavy atom. The van der Waals surface area contributed by atoms with Gasteiger partial charge in [0, 0.05) is 11.5 Å². The van der Waals surface area contributed by atoms with Gasteiger partial charge >= 0.3 is 5.97 Å². The Hall–Kier alpha value is -2.72. The van der Waals surface area contributed by atoms with Crippen molar-refractivity contribution < 1.29 is 14.7 Å². The van der Waals surface area contributed by atoms with Crippen LogP contribution in [0, 0.1) is 23.2 Å². The Kier molecular flexibility index (Phi) is 5.10. The third kappa shape index (κ3) is 3.86. The van der Waals surface area contributed by atoms with Crippen LogP contribution >= 0.6 is 11.3 Å². The van der Waals surface area contributed by atoms with Gasteiger partial charge in [0.2, 0.25) is 5.91 Å². The number of anilines is 1. The second-order valence-corrected chi connectivity index (χ2v) is 7.05. The van der Waals surface area contributed by atoms with E-state index in [1.807, 2.05) is 30.3 Å². The summed E-state index contributed by atoms with van der Waals surface area (Å²) < 4.78 is 0. The molecule has 6 nitrogen and oxygen atoms in total. The highest BCUT2D eigenvalue weighted by molar-refractivity contribution is 7.16. The van der Waals surface area contributed by atoms with E-state index in [4.69, 9.17) is 5.11 Å². The molecule has 0 bridgehead atoms. The molecule has 128 valence electrons. The van der Waals surface area contributed by atoms with E-state index in [2.05, 4.69) is 16.4 Å². The molecule has 2 aromatic rings. The molecule has 1 aliphatic rings. The fraction of sp³-hybridized carbons (Fsp3) is 0.333. The molecule has 0 atom stereocenters. The first-order chi connectivity index (χ1) is 12.1. The van der Waals surface area contributed by atoms with Gasteiger partial charge < -0.3 is 10.4 Å². The summed E-state index contributed by atoms with van der Waals surface area (Å²) in [6, 6.07) is 11.5. The molecule has 0 spiro atoms. The van der Waals surface area contributed by atoms with E-state index in [9.17, 15) is 14.9 Å². The maximum atomic E-state index is 12.4. The Morgan fingerprint density at radius 2 is 1.80 bits per heavy atom. The highest BCUT2D eigenvalue weighted by Gasteiger charge is 2.30. The summed E-state index contributed by atoms with van der Waals surface area (Å²) in [5.74, 6) is -1.49. The number of benzene rings is 1. The van der Waals surface area contributed by atoms with Gasteiger partial charge in [-0.3, -0.25) is 9.59 Å². The van der Waals surface area contributed by atoms with Gasteiger partial charge in [0.05, 0.1) is 5.92 Å². The molecule has 1 amide bonds. The standard InChI is InChI=1S/C18H17N3O3S/c19-10-14-15(11-4-2-1-3-5-11)20-18(25-14)21-16(22)12-6-8-13(9-7-12)17(23)24/h1-5,12-13H,6-9H2,(H,23,24)(H,20,21,22)/t12-,13+.